The van der Waals surface area contributed by atoms with E-state index >= 15 is 0 Å². The van der Waals surface area contributed by atoms with Crippen molar-refractivity contribution >= 4 is 18.3 Å². The summed E-state index contributed by atoms with van der Waals surface area (Å²) in [5.41, 5.74) is 10.1. The molecule has 0 radical (unpaired) electrons. The van der Waals surface area contributed by atoms with E-state index in [-0.39, 0.29) is 44.6 Å². The van der Waals surface area contributed by atoms with Gasteiger partial charge in [-0.3, -0.25) is 10.6 Å². The summed E-state index contributed by atoms with van der Waals surface area (Å²) >= 11 is 0. The Morgan fingerprint density at radius 2 is 0.980 bits per heavy atom. The van der Waals surface area contributed by atoms with Crippen LogP contribution in [-0.4, -0.2) is 38.0 Å². The SMILES string of the molecule is O=C(N/C=C(/CCNC(=O)OCc1ccccc1)NC(=O)OCC1c2ccccc2-c2ccccc21)OCC1c2ccccc2-c2ccccc21. The third-order valence-corrected chi connectivity index (χ3v) is 9.19. The lowest BCUT2D eigenvalue weighted by Crippen LogP contribution is -2.31. The molecule has 0 bridgehead atoms. The number of nitrogens with one attached hydrogen (secondary N) is 3. The quantitative estimate of drug-likeness (QED) is 0.121. The molecule has 0 saturated carbocycles. The molecule has 256 valence electrons. The fourth-order valence-electron chi connectivity index (χ4n) is 6.80. The van der Waals surface area contributed by atoms with E-state index in [2.05, 4.69) is 52.3 Å². The summed E-state index contributed by atoms with van der Waals surface area (Å²) in [4.78, 5) is 38.4. The Morgan fingerprint density at radius 3 is 1.49 bits per heavy atom. The van der Waals surface area contributed by atoms with Crippen LogP contribution in [-0.2, 0) is 20.8 Å². The fraction of sp³-hybridized carbons (Fsp3) is 0.167. The van der Waals surface area contributed by atoms with Gasteiger partial charge in [0.1, 0.15) is 19.8 Å². The van der Waals surface area contributed by atoms with Crippen LogP contribution in [0.2, 0.25) is 0 Å². The van der Waals surface area contributed by atoms with Gasteiger partial charge in [-0.25, -0.2) is 14.4 Å². The molecule has 0 unspecified atom stereocenters. The second-order valence-electron chi connectivity index (χ2n) is 12.3. The van der Waals surface area contributed by atoms with Gasteiger partial charge in [0.05, 0.1) is 0 Å². The topological polar surface area (TPSA) is 115 Å². The van der Waals surface area contributed by atoms with Crippen LogP contribution in [0.5, 0.6) is 0 Å². The smallest absolute Gasteiger partial charge is 0.411 e. The first-order valence-electron chi connectivity index (χ1n) is 16.9. The standard InChI is InChI=1S/C42H37N3O6/c46-40(49-25-28-12-2-1-3-13-28)43-23-22-29(45-42(48)51-27-39-36-20-10-6-16-32(36)33-17-7-11-21-37(33)39)24-44-41(47)50-26-38-34-18-8-4-14-30(34)31-15-5-9-19-35(31)38/h1-21,24,38-39H,22-23,25-27H2,(H,43,46)(H,44,47)(H,45,48)/b29-24-. The fourth-order valence-corrected chi connectivity index (χ4v) is 6.80. The number of ether oxygens (including phenoxy) is 3. The molecule has 5 aromatic carbocycles. The van der Waals surface area contributed by atoms with E-state index in [1.54, 1.807) is 0 Å². The van der Waals surface area contributed by atoms with Crippen LogP contribution < -0.4 is 16.0 Å². The Bertz CT molecular complexity index is 1990. The van der Waals surface area contributed by atoms with E-state index < -0.39 is 18.3 Å². The van der Waals surface area contributed by atoms with Gasteiger partial charge < -0.3 is 19.5 Å². The van der Waals surface area contributed by atoms with Crippen LogP contribution in [0, 0.1) is 0 Å². The van der Waals surface area contributed by atoms with E-state index in [1.165, 1.54) is 6.20 Å². The maximum atomic E-state index is 13.1. The predicted molar refractivity (Wildman–Crippen MR) is 194 cm³/mol. The van der Waals surface area contributed by atoms with Gasteiger partial charge in [-0.15, -0.1) is 0 Å². The summed E-state index contributed by atoms with van der Waals surface area (Å²) in [6.07, 6.45) is -0.460. The summed E-state index contributed by atoms with van der Waals surface area (Å²) in [6, 6.07) is 41.7. The molecule has 3 N–H and O–H groups in total. The highest BCUT2D eigenvalue weighted by Crippen LogP contribution is 2.45. The zero-order valence-corrected chi connectivity index (χ0v) is 27.8. The maximum absolute atomic E-state index is 13.1. The lowest BCUT2D eigenvalue weighted by molar-refractivity contribution is 0.139. The first-order chi connectivity index (χ1) is 25.0. The number of carbonyl (C=O) groups excluding carboxylic acids is 3. The summed E-state index contributed by atoms with van der Waals surface area (Å²) in [5.74, 6) is -0.216. The van der Waals surface area contributed by atoms with E-state index in [4.69, 9.17) is 14.2 Å². The molecular weight excluding hydrogens is 642 g/mol. The minimum atomic E-state index is -0.691. The summed E-state index contributed by atoms with van der Waals surface area (Å²) in [7, 11) is 0. The molecular formula is C42H37N3O6. The third kappa shape index (κ3) is 7.63. The van der Waals surface area contributed by atoms with Crippen molar-refractivity contribution in [2.24, 2.45) is 0 Å². The van der Waals surface area contributed by atoms with Gasteiger partial charge in [0.25, 0.3) is 0 Å². The predicted octanol–water partition coefficient (Wildman–Crippen LogP) is 8.22. The first kappa shape index (κ1) is 33.2. The van der Waals surface area contributed by atoms with Crippen molar-refractivity contribution < 1.29 is 28.6 Å². The number of rotatable bonds is 11. The molecule has 5 aromatic rings. The molecule has 2 aliphatic rings. The number of benzene rings is 5. The van der Waals surface area contributed by atoms with E-state index in [0.717, 1.165) is 50.1 Å². The molecule has 9 heteroatoms. The second-order valence-corrected chi connectivity index (χ2v) is 12.3. The Balaban J connectivity index is 0.977. The van der Waals surface area contributed by atoms with Gasteiger partial charge >= 0.3 is 18.3 Å². The van der Waals surface area contributed by atoms with Crippen molar-refractivity contribution in [2.45, 2.75) is 24.9 Å². The molecule has 51 heavy (non-hydrogen) atoms. The molecule has 7 rings (SSSR count). The molecule has 0 aliphatic heterocycles. The first-order valence-corrected chi connectivity index (χ1v) is 16.9. The van der Waals surface area contributed by atoms with Crippen LogP contribution in [0.15, 0.2) is 139 Å². The molecule has 0 atom stereocenters. The van der Waals surface area contributed by atoms with Gasteiger partial charge in [-0.2, -0.15) is 0 Å². The van der Waals surface area contributed by atoms with Crippen molar-refractivity contribution in [3.8, 4) is 22.3 Å². The van der Waals surface area contributed by atoms with E-state index in [9.17, 15) is 14.4 Å². The van der Waals surface area contributed by atoms with Crippen LogP contribution in [0.3, 0.4) is 0 Å². The third-order valence-electron chi connectivity index (χ3n) is 9.19. The number of alkyl carbamates (subject to hydrolysis) is 3. The van der Waals surface area contributed by atoms with Gasteiger partial charge in [-0.05, 0) is 50.1 Å². The number of hydrogen-bond donors (Lipinski definition) is 3. The summed E-state index contributed by atoms with van der Waals surface area (Å²) in [5, 5.41) is 8.05. The van der Waals surface area contributed by atoms with E-state index in [1.807, 2.05) is 91.0 Å². The average molecular weight is 680 g/mol. The van der Waals surface area contributed by atoms with Crippen molar-refractivity contribution in [1.82, 2.24) is 16.0 Å². The Labute approximate surface area is 296 Å². The summed E-state index contributed by atoms with van der Waals surface area (Å²) in [6.45, 7) is 0.501. The van der Waals surface area contributed by atoms with Crippen LogP contribution in [0.25, 0.3) is 22.3 Å². The van der Waals surface area contributed by atoms with E-state index in [0.29, 0.717) is 5.70 Å². The van der Waals surface area contributed by atoms with Crippen molar-refractivity contribution in [3.05, 3.63) is 167 Å². The Hall–Kier alpha value is -6.35. The number of hydrogen-bond acceptors (Lipinski definition) is 6. The molecule has 0 fully saturated rings. The maximum Gasteiger partial charge on any atom is 0.411 e. The zero-order valence-electron chi connectivity index (χ0n) is 27.8. The van der Waals surface area contributed by atoms with Crippen molar-refractivity contribution in [1.29, 1.82) is 0 Å². The molecule has 0 saturated heterocycles. The molecule has 3 amide bonds. The van der Waals surface area contributed by atoms with Crippen LogP contribution in [0.1, 0.15) is 46.1 Å². The van der Waals surface area contributed by atoms with Gasteiger partial charge in [0.2, 0.25) is 0 Å². The zero-order chi connectivity index (χ0) is 35.0. The minimum Gasteiger partial charge on any atom is -0.448 e. The largest absolute Gasteiger partial charge is 0.448 e. The Kier molecular flexibility index (Phi) is 10.1. The molecule has 0 aromatic heterocycles. The normalized spacial score (nSPS) is 12.9. The number of carbonyl (C=O) groups is 3. The molecule has 2 aliphatic carbocycles. The average Bonchev–Trinajstić information content (AvgIpc) is 3.67. The van der Waals surface area contributed by atoms with Crippen LogP contribution in [0.4, 0.5) is 14.4 Å². The number of amides is 3. The van der Waals surface area contributed by atoms with Crippen molar-refractivity contribution in [2.75, 3.05) is 19.8 Å². The lowest BCUT2D eigenvalue weighted by Gasteiger charge is -2.16. The monoisotopic (exact) mass is 679 g/mol. The second kappa shape index (κ2) is 15.5. The number of fused-ring (bicyclic) bond motifs is 6. The van der Waals surface area contributed by atoms with Crippen LogP contribution >= 0.6 is 0 Å². The highest BCUT2D eigenvalue weighted by atomic mass is 16.6. The molecule has 0 spiro atoms. The highest BCUT2D eigenvalue weighted by Gasteiger charge is 2.30. The van der Waals surface area contributed by atoms with Gasteiger partial charge in [-0.1, -0.05) is 127 Å². The lowest BCUT2D eigenvalue weighted by atomic mass is 9.98. The molecule has 9 nitrogen and oxygen atoms in total. The summed E-state index contributed by atoms with van der Waals surface area (Å²) < 4.78 is 16.7. The minimum absolute atomic E-state index is 0.100. The van der Waals surface area contributed by atoms with Gasteiger partial charge in [0.15, 0.2) is 0 Å². The highest BCUT2D eigenvalue weighted by molar-refractivity contribution is 5.80. The van der Waals surface area contributed by atoms with Gasteiger partial charge in [0, 0.05) is 36.7 Å². The molecule has 0 heterocycles. The Morgan fingerprint density at radius 1 is 0.529 bits per heavy atom. The van der Waals surface area contributed by atoms with Crippen molar-refractivity contribution in [3.63, 3.8) is 0 Å².